The summed E-state index contributed by atoms with van der Waals surface area (Å²) in [6, 6.07) is 16.5. The SMILES string of the molecule is O=C(Nc1ccc(F)c(-n2cc3cc(C4CCN(Cc5ccccc5)CC4)cnc3n2)c1)N1CC(F)C1. The summed E-state index contributed by atoms with van der Waals surface area (Å²) in [6.07, 6.45) is 4.79. The molecule has 37 heavy (non-hydrogen) atoms. The topological polar surface area (TPSA) is 66.3 Å². The van der Waals surface area contributed by atoms with Crippen molar-refractivity contribution >= 4 is 22.8 Å². The third kappa shape index (κ3) is 5.04. The quantitative estimate of drug-likeness (QED) is 0.411. The summed E-state index contributed by atoms with van der Waals surface area (Å²) in [5.74, 6) is -0.0439. The lowest BCUT2D eigenvalue weighted by molar-refractivity contribution is 0.0974. The van der Waals surface area contributed by atoms with Gasteiger partial charge in [0.25, 0.3) is 0 Å². The van der Waals surface area contributed by atoms with Gasteiger partial charge in [0, 0.05) is 30.0 Å². The molecule has 0 spiro atoms. The van der Waals surface area contributed by atoms with Crippen molar-refractivity contribution in [3.8, 4) is 5.69 Å². The van der Waals surface area contributed by atoms with Gasteiger partial charge in [0.05, 0.1) is 13.1 Å². The van der Waals surface area contributed by atoms with Gasteiger partial charge in [0.2, 0.25) is 0 Å². The number of urea groups is 1. The van der Waals surface area contributed by atoms with Crippen LogP contribution in [0, 0.1) is 5.82 Å². The van der Waals surface area contributed by atoms with E-state index in [9.17, 15) is 13.6 Å². The monoisotopic (exact) mass is 502 g/mol. The van der Waals surface area contributed by atoms with Crippen LogP contribution >= 0.6 is 0 Å². The molecule has 1 N–H and O–H groups in total. The van der Waals surface area contributed by atoms with Gasteiger partial charge >= 0.3 is 6.03 Å². The highest BCUT2D eigenvalue weighted by Crippen LogP contribution is 2.30. The van der Waals surface area contributed by atoms with Crippen molar-refractivity contribution in [3.63, 3.8) is 0 Å². The lowest BCUT2D eigenvalue weighted by Gasteiger charge is -2.34. The van der Waals surface area contributed by atoms with Crippen LogP contribution in [-0.4, -0.2) is 62.9 Å². The predicted molar refractivity (Wildman–Crippen MR) is 138 cm³/mol. The molecule has 7 nitrogen and oxygen atoms in total. The molecule has 4 heterocycles. The number of halogens is 2. The molecule has 0 aliphatic carbocycles. The number of carbonyl (C=O) groups is 1. The molecule has 2 amide bonds. The summed E-state index contributed by atoms with van der Waals surface area (Å²) in [5.41, 5.74) is 3.67. The highest BCUT2D eigenvalue weighted by atomic mass is 19.1. The number of hydrogen-bond donors (Lipinski definition) is 1. The molecule has 0 saturated carbocycles. The van der Waals surface area contributed by atoms with Gasteiger partial charge in [-0.3, -0.25) is 4.90 Å². The number of carbonyl (C=O) groups excluding carboxylic acids is 1. The van der Waals surface area contributed by atoms with Crippen molar-refractivity contribution in [2.45, 2.75) is 31.5 Å². The molecule has 6 rings (SSSR count). The minimum Gasteiger partial charge on any atom is -0.319 e. The largest absolute Gasteiger partial charge is 0.322 e. The van der Waals surface area contributed by atoms with Gasteiger partial charge in [-0.2, -0.15) is 0 Å². The first-order valence-electron chi connectivity index (χ1n) is 12.6. The maximum Gasteiger partial charge on any atom is 0.322 e. The maximum absolute atomic E-state index is 14.7. The van der Waals surface area contributed by atoms with Crippen molar-refractivity contribution in [1.29, 1.82) is 0 Å². The zero-order valence-corrected chi connectivity index (χ0v) is 20.4. The number of nitrogens with zero attached hydrogens (tertiary/aromatic N) is 5. The standard InChI is InChI=1S/C28H28F2N6O/c29-23-17-35(18-23)28(37)32-24-6-7-25(30)26(13-24)36-16-22-12-21(14-31-27(22)33-36)20-8-10-34(11-9-20)15-19-4-2-1-3-5-19/h1-7,12-14,16,20,23H,8-11,15,17-18H2,(H,32,37). The van der Waals surface area contributed by atoms with Gasteiger partial charge in [-0.05, 0) is 67.2 Å². The number of likely N-dealkylation sites (tertiary alicyclic amines) is 2. The lowest BCUT2D eigenvalue weighted by Crippen LogP contribution is -2.53. The molecule has 4 aromatic rings. The van der Waals surface area contributed by atoms with Crippen molar-refractivity contribution < 1.29 is 13.6 Å². The summed E-state index contributed by atoms with van der Waals surface area (Å²) in [6.45, 7) is 3.18. The third-order valence-electron chi connectivity index (χ3n) is 7.26. The van der Waals surface area contributed by atoms with Crippen molar-refractivity contribution in [3.05, 3.63) is 83.9 Å². The number of rotatable bonds is 5. The molecule has 9 heteroatoms. The van der Waals surface area contributed by atoms with E-state index in [4.69, 9.17) is 0 Å². The first-order chi connectivity index (χ1) is 18.0. The zero-order valence-electron chi connectivity index (χ0n) is 20.4. The van der Waals surface area contributed by atoms with Crippen LogP contribution in [0.2, 0.25) is 0 Å². The fourth-order valence-corrected chi connectivity index (χ4v) is 5.10. The van der Waals surface area contributed by atoms with Gasteiger partial charge in [-0.15, -0.1) is 5.10 Å². The molecule has 2 aromatic heterocycles. The van der Waals surface area contributed by atoms with Crippen LogP contribution in [0.15, 0.2) is 67.0 Å². The summed E-state index contributed by atoms with van der Waals surface area (Å²) in [5, 5.41) is 8.01. The Hall–Kier alpha value is -3.85. The number of piperidine rings is 1. The van der Waals surface area contributed by atoms with Crippen LogP contribution < -0.4 is 5.32 Å². The Morgan fingerprint density at radius 2 is 1.84 bits per heavy atom. The summed E-state index contributed by atoms with van der Waals surface area (Å²) in [4.78, 5) is 20.6. The van der Waals surface area contributed by atoms with E-state index < -0.39 is 18.0 Å². The highest BCUT2D eigenvalue weighted by Gasteiger charge is 2.30. The highest BCUT2D eigenvalue weighted by molar-refractivity contribution is 5.90. The van der Waals surface area contributed by atoms with E-state index in [1.54, 1.807) is 6.20 Å². The minimum absolute atomic E-state index is 0.0739. The second-order valence-electron chi connectivity index (χ2n) is 9.89. The van der Waals surface area contributed by atoms with Crippen LogP contribution in [0.5, 0.6) is 0 Å². The van der Waals surface area contributed by atoms with E-state index in [0.29, 0.717) is 17.3 Å². The molecule has 0 bridgehead atoms. The first kappa shape index (κ1) is 23.5. The molecule has 0 unspecified atom stereocenters. The molecule has 0 atom stereocenters. The second kappa shape index (κ2) is 9.89. The van der Waals surface area contributed by atoms with Gasteiger partial charge < -0.3 is 10.2 Å². The molecule has 0 radical (unpaired) electrons. The van der Waals surface area contributed by atoms with Crippen LogP contribution in [0.25, 0.3) is 16.7 Å². The number of benzene rings is 2. The Kier molecular flexibility index (Phi) is 6.30. The van der Waals surface area contributed by atoms with E-state index in [2.05, 4.69) is 50.6 Å². The Balaban J connectivity index is 1.15. The summed E-state index contributed by atoms with van der Waals surface area (Å²) < 4.78 is 29.2. The van der Waals surface area contributed by atoms with Crippen LogP contribution in [0.3, 0.4) is 0 Å². The number of anilines is 1. The average molecular weight is 503 g/mol. The number of fused-ring (bicyclic) bond motifs is 1. The maximum atomic E-state index is 14.7. The fourth-order valence-electron chi connectivity index (χ4n) is 5.10. The van der Waals surface area contributed by atoms with Gasteiger partial charge in [-0.25, -0.2) is 23.2 Å². The van der Waals surface area contributed by atoms with E-state index in [1.807, 2.05) is 12.3 Å². The lowest BCUT2D eigenvalue weighted by atomic mass is 9.90. The Labute approximate surface area is 213 Å². The number of pyridine rings is 1. The van der Waals surface area contributed by atoms with E-state index in [0.717, 1.165) is 37.9 Å². The molecular weight excluding hydrogens is 474 g/mol. The van der Waals surface area contributed by atoms with E-state index in [1.165, 1.54) is 38.9 Å². The molecular formula is C28H28F2N6O. The van der Waals surface area contributed by atoms with Gasteiger partial charge in [0.15, 0.2) is 5.65 Å². The minimum atomic E-state index is -0.981. The molecule has 2 saturated heterocycles. The third-order valence-corrected chi connectivity index (χ3v) is 7.26. The number of aromatic nitrogens is 3. The number of alkyl halides is 1. The Morgan fingerprint density at radius 3 is 2.59 bits per heavy atom. The average Bonchev–Trinajstić information content (AvgIpc) is 3.32. The molecule has 2 aromatic carbocycles. The van der Waals surface area contributed by atoms with Gasteiger partial charge in [0.1, 0.15) is 17.7 Å². The first-order valence-corrected chi connectivity index (χ1v) is 12.6. The molecule has 190 valence electrons. The van der Waals surface area contributed by atoms with Crippen LogP contribution in [0.4, 0.5) is 19.3 Å². The van der Waals surface area contributed by atoms with E-state index in [-0.39, 0.29) is 18.8 Å². The Bertz CT molecular complexity index is 1410. The van der Waals surface area contributed by atoms with Crippen molar-refractivity contribution in [2.24, 2.45) is 0 Å². The zero-order chi connectivity index (χ0) is 25.4. The predicted octanol–water partition coefficient (Wildman–Crippen LogP) is 5.12. The molecule has 2 fully saturated rings. The van der Waals surface area contributed by atoms with Crippen molar-refractivity contribution in [1.82, 2.24) is 24.6 Å². The summed E-state index contributed by atoms with van der Waals surface area (Å²) in [7, 11) is 0. The number of nitrogens with one attached hydrogen (secondary N) is 1. The smallest absolute Gasteiger partial charge is 0.319 e. The fraction of sp³-hybridized carbons (Fsp3) is 0.321. The number of amides is 2. The van der Waals surface area contributed by atoms with Gasteiger partial charge in [-0.1, -0.05) is 30.3 Å². The summed E-state index contributed by atoms with van der Waals surface area (Å²) >= 11 is 0. The molecule has 2 aliphatic heterocycles. The van der Waals surface area contributed by atoms with Crippen LogP contribution in [-0.2, 0) is 6.54 Å². The Morgan fingerprint density at radius 1 is 1.05 bits per heavy atom. The van der Waals surface area contributed by atoms with Crippen molar-refractivity contribution in [2.75, 3.05) is 31.5 Å². The second-order valence-corrected chi connectivity index (χ2v) is 9.89. The van der Waals surface area contributed by atoms with Crippen LogP contribution in [0.1, 0.15) is 29.9 Å². The number of hydrogen-bond acceptors (Lipinski definition) is 4. The molecule has 2 aliphatic rings. The van der Waals surface area contributed by atoms with E-state index >= 15 is 0 Å². The normalized spacial score (nSPS) is 17.2.